The molecule has 2 aliphatic rings. The third kappa shape index (κ3) is 1.91. The van der Waals surface area contributed by atoms with Gasteiger partial charge < -0.3 is 5.32 Å². The maximum Gasteiger partial charge on any atom is 0.430 e. The molecule has 0 radical (unpaired) electrons. The van der Waals surface area contributed by atoms with Crippen molar-refractivity contribution in [3.63, 3.8) is 0 Å². The monoisotopic (exact) mass is 217 g/mol. The van der Waals surface area contributed by atoms with Crippen LogP contribution in [-0.4, -0.2) is 12.0 Å². The van der Waals surface area contributed by atoms with Gasteiger partial charge in [-0.25, -0.2) is 0 Å². The molecule has 1 N–H and O–H groups in total. The molecule has 0 aromatic carbocycles. The SMILES string of the molecule is O=C1CCCC2=C1CC=C(C(F)(F)F)N2. The highest BCUT2D eigenvalue weighted by atomic mass is 19.4. The summed E-state index contributed by atoms with van der Waals surface area (Å²) < 4.78 is 37.1. The fourth-order valence-corrected chi connectivity index (χ4v) is 1.88. The summed E-state index contributed by atoms with van der Waals surface area (Å²) in [7, 11) is 0. The Morgan fingerprint density at radius 2 is 2.00 bits per heavy atom. The molecule has 0 atom stereocenters. The maximum absolute atomic E-state index is 12.4. The van der Waals surface area contributed by atoms with E-state index in [2.05, 4.69) is 5.32 Å². The van der Waals surface area contributed by atoms with E-state index in [0.29, 0.717) is 30.5 Å². The fraction of sp³-hybridized carbons (Fsp3) is 0.500. The van der Waals surface area contributed by atoms with Crippen molar-refractivity contribution in [1.29, 1.82) is 0 Å². The summed E-state index contributed by atoms with van der Waals surface area (Å²) in [6.45, 7) is 0. The molecule has 0 aromatic rings. The zero-order valence-corrected chi connectivity index (χ0v) is 7.95. The van der Waals surface area contributed by atoms with Crippen LogP contribution in [0.15, 0.2) is 23.0 Å². The molecule has 0 amide bonds. The van der Waals surface area contributed by atoms with Gasteiger partial charge in [-0.05, 0) is 19.3 Å². The lowest BCUT2D eigenvalue weighted by atomic mass is 9.90. The first kappa shape index (κ1) is 10.3. The number of hydrogen-bond donors (Lipinski definition) is 1. The zero-order valence-electron chi connectivity index (χ0n) is 7.95. The molecule has 1 heterocycles. The van der Waals surface area contributed by atoms with E-state index in [1.54, 1.807) is 0 Å². The number of allylic oxidation sites excluding steroid dienone is 4. The van der Waals surface area contributed by atoms with E-state index in [1.165, 1.54) is 0 Å². The van der Waals surface area contributed by atoms with E-state index < -0.39 is 11.9 Å². The van der Waals surface area contributed by atoms with Gasteiger partial charge in [-0.2, -0.15) is 13.2 Å². The summed E-state index contributed by atoms with van der Waals surface area (Å²) in [6, 6.07) is 0. The first-order valence-electron chi connectivity index (χ1n) is 4.78. The van der Waals surface area contributed by atoms with E-state index in [-0.39, 0.29) is 12.2 Å². The van der Waals surface area contributed by atoms with Crippen LogP contribution in [0, 0.1) is 0 Å². The molecular weight excluding hydrogens is 207 g/mol. The first-order valence-corrected chi connectivity index (χ1v) is 4.78. The van der Waals surface area contributed by atoms with Crippen LogP contribution in [0.25, 0.3) is 0 Å². The van der Waals surface area contributed by atoms with Crippen molar-refractivity contribution >= 4 is 5.78 Å². The molecular formula is C10H10F3NO. The molecule has 2 rings (SSSR count). The third-order valence-electron chi connectivity index (χ3n) is 2.63. The number of Topliss-reactive ketones (excluding diaryl/α,β-unsaturated/α-hetero) is 1. The fourth-order valence-electron chi connectivity index (χ4n) is 1.88. The number of dihydropyridines is 1. The van der Waals surface area contributed by atoms with E-state index in [9.17, 15) is 18.0 Å². The third-order valence-corrected chi connectivity index (χ3v) is 2.63. The topological polar surface area (TPSA) is 29.1 Å². The maximum atomic E-state index is 12.4. The van der Waals surface area contributed by atoms with Crippen molar-refractivity contribution in [2.45, 2.75) is 31.9 Å². The Morgan fingerprint density at radius 1 is 1.27 bits per heavy atom. The average Bonchev–Trinajstić information content (AvgIpc) is 2.16. The lowest BCUT2D eigenvalue weighted by molar-refractivity contribution is -0.116. The van der Waals surface area contributed by atoms with E-state index in [0.717, 1.165) is 6.08 Å². The molecule has 5 heteroatoms. The van der Waals surface area contributed by atoms with Gasteiger partial charge in [-0.15, -0.1) is 0 Å². The minimum absolute atomic E-state index is 0.0266. The van der Waals surface area contributed by atoms with Crippen molar-refractivity contribution in [3.05, 3.63) is 23.0 Å². The molecule has 1 aliphatic heterocycles. The zero-order chi connectivity index (χ0) is 11.1. The molecule has 1 aliphatic carbocycles. The van der Waals surface area contributed by atoms with Gasteiger partial charge in [0.2, 0.25) is 0 Å². The van der Waals surface area contributed by atoms with Gasteiger partial charge in [-0.1, -0.05) is 6.08 Å². The van der Waals surface area contributed by atoms with Gasteiger partial charge >= 0.3 is 6.18 Å². The smallest absolute Gasteiger partial charge is 0.355 e. The Hall–Kier alpha value is -1.26. The summed E-state index contributed by atoms with van der Waals surface area (Å²) in [4.78, 5) is 11.4. The average molecular weight is 217 g/mol. The largest absolute Gasteiger partial charge is 0.430 e. The Morgan fingerprint density at radius 3 is 2.67 bits per heavy atom. The highest BCUT2D eigenvalue weighted by molar-refractivity contribution is 5.97. The molecule has 0 saturated heterocycles. The van der Waals surface area contributed by atoms with Gasteiger partial charge in [0.15, 0.2) is 5.78 Å². The van der Waals surface area contributed by atoms with Crippen LogP contribution in [0.2, 0.25) is 0 Å². The minimum atomic E-state index is -4.35. The van der Waals surface area contributed by atoms with Crippen LogP contribution in [0.4, 0.5) is 13.2 Å². The van der Waals surface area contributed by atoms with E-state index in [1.807, 2.05) is 0 Å². The van der Waals surface area contributed by atoms with Gasteiger partial charge in [0.25, 0.3) is 0 Å². The highest BCUT2D eigenvalue weighted by Gasteiger charge is 2.37. The molecule has 0 aromatic heterocycles. The number of nitrogens with one attached hydrogen (secondary N) is 1. The standard InChI is InChI=1S/C10H10F3NO/c11-10(12,13)9-5-4-6-7(14-9)2-1-3-8(6)15/h5,14H,1-4H2. The van der Waals surface area contributed by atoms with Crippen molar-refractivity contribution < 1.29 is 18.0 Å². The highest BCUT2D eigenvalue weighted by Crippen LogP contribution is 2.33. The second-order valence-electron chi connectivity index (χ2n) is 3.68. The number of carbonyl (C=O) groups is 1. The van der Waals surface area contributed by atoms with Crippen molar-refractivity contribution in [3.8, 4) is 0 Å². The van der Waals surface area contributed by atoms with Crippen LogP contribution in [0.1, 0.15) is 25.7 Å². The van der Waals surface area contributed by atoms with Gasteiger partial charge in [0, 0.05) is 17.7 Å². The van der Waals surface area contributed by atoms with Gasteiger partial charge in [-0.3, -0.25) is 4.79 Å². The molecule has 15 heavy (non-hydrogen) atoms. The number of ketones is 1. The summed E-state index contributed by atoms with van der Waals surface area (Å²) >= 11 is 0. The van der Waals surface area contributed by atoms with Gasteiger partial charge in [0.1, 0.15) is 5.70 Å². The van der Waals surface area contributed by atoms with Crippen LogP contribution < -0.4 is 5.32 Å². The van der Waals surface area contributed by atoms with Crippen molar-refractivity contribution in [2.24, 2.45) is 0 Å². The Bertz CT molecular complexity index is 365. The lowest BCUT2D eigenvalue weighted by Gasteiger charge is -2.26. The Kier molecular flexibility index (Phi) is 2.32. The number of alkyl halides is 3. The predicted molar refractivity (Wildman–Crippen MR) is 47.8 cm³/mol. The summed E-state index contributed by atoms with van der Waals surface area (Å²) in [5.41, 5.74) is 0.242. The van der Waals surface area contributed by atoms with Crippen molar-refractivity contribution in [2.75, 3.05) is 0 Å². The van der Waals surface area contributed by atoms with Crippen LogP contribution >= 0.6 is 0 Å². The summed E-state index contributed by atoms with van der Waals surface area (Å²) in [5.74, 6) is -0.0266. The predicted octanol–water partition coefficient (Wildman–Crippen LogP) is 2.43. The molecule has 0 saturated carbocycles. The molecule has 0 bridgehead atoms. The second kappa shape index (κ2) is 3.40. The van der Waals surface area contributed by atoms with Crippen LogP contribution in [-0.2, 0) is 4.79 Å². The van der Waals surface area contributed by atoms with Crippen molar-refractivity contribution in [1.82, 2.24) is 5.32 Å². The molecule has 0 spiro atoms. The number of rotatable bonds is 0. The summed E-state index contributed by atoms with van der Waals surface area (Å²) in [5, 5.41) is 2.32. The molecule has 82 valence electrons. The number of halogens is 3. The van der Waals surface area contributed by atoms with E-state index in [4.69, 9.17) is 0 Å². The minimum Gasteiger partial charge on any atom is -0.355 e. The quantitative estimate of drug-likeness (QED) is 0.675. The Labute approximate surface area is 84.8 Å². The second-order valence-corrected chi connectivity index (χ2v) is 3.68. The normalized spacial score (nSPS) is 22.1. The lowest BCUT2D eigenvalue weighted by Crippen LogP contribution is -2.32. The van der Waals surface area contributed by atoms with Crippen LogP contribution in [0.3, 0.4) is 0 Å². The van der Waals surface area contributed by atoms with E-state index >= 15 is 0 Å². The number of carbonyl (C=O) groups excluding carboxylic acids is 1. The number of hydrogen-bond acceptors (Lipinski definition) is 2. The molecule has 2 nitrogen and oxygen atoms in total. The molecule has 0 fully saturated rings. The van der Waals surface area contributed by atoms with Gasteiger partial charge in [0.05, 0.1) is 0 Å². The summed E-state index contributed by atoms with van der Waals surface area (Å²) in [6.07, 6.45) is -1.57. The Balaban J connectivity index is 2.21. The molecule has 0 unspecified atom stereocenters. The first-order chi connectivity index (χ1) is 6.98. The van der Waals surface area contributed by atoms with Crippen LogP contribution in [0.5, 0.6) is 0 Å².